The van der Waals surface area contributed by atoms with E-state index in [0.717, 1.165) is 12.5 Å². The maximum absolute atomic E-state index is 9.79. The van der Waals surface area contributed by atoms with Crippen LogP contribution in [0.2, 0.25) is 0 Å². The fourth-order valence-corrected chi connectivity index (χ4v) is 0. The second-order valence-electron chi connectivity index (χ2n) is 1.66. The van der Waals surface area contributed by atoms with Gasteiger partial charge in [-0.2, -0.15) is 0 Å². The zero-order chi connectivity index (χ0) is 5.45. The Morgan fingerprint density at radius 2 is 1.67 bits per heavy atom. The monoisotopic (exact) mass is 111 g/mol. The van der Waals surface area contributed by atoms with Crippen molar-refractivity contribution in [1.29, 1.82) is 0 Å². The van der Waals surface area contributed by atoms with Gasteiger partial charge in [-0.15, -0.1) is 0 Å². The molecule has 3 nitrogen and oxygen atoms in total. The van der Waals surface area contributed by atoms with Crippen LogP contribution in [0.15, 0.2) is 0 Å². The number of hydrogen-bond acceptors (Lipinski definition) is 2. The van der Waals surface area contributed by atoms with Gasteiger partial charge in [0.2, 0.25) is 0 Å². The zero-order valence-corrected chi connectivity index (χ0v) is 4.49. The van der Waals surface area contributed by atoms with Gasteiger partial charge in [0.05, 0.1) is 0 Å². The van der Waals surface area contributed by atoms with Crippen LogP contribution in [0.4, 0.5) is 0 Å². The average molecular weight is 111 g/mol. The minimum absolute atomic E-state index is 0.761. The lowest BCUT2D eigenvalue weighted by molar-refractivity contribution is 0.390. The van der Waals surface area contributed by atoms with Crippen LogP contribution in [0.25, 0.3) is 0 Å². The van der Waals surface area contributed by atoms with Crippen molar-refractivity contribution in [2.24, 2.45) is 0 Å². The molecule has 0 saturated heterocycles. The molecule has 40 valence electrons. The predicted octanol–water partition coefficient (Wildman–Crippen LogP) is -0.330. The van der Waals surface area contributed by atoms with Crippen LogP contribution in [0.1, 0.15) is 0 Å². The third-order valence-corrected chi connectivity index (χ3v) is 0. The smallest absolute Gasteiger partial charge is 0.00127 e. The first kappa shape index (κ1) is 6.07. The summed E-state index contributed by atoms with van der Waals surface area (Å²) >= 11 is 0. The third-order valence-electron chi connectivity index (χ3n) is 0. The lowest BCUT2D eigenvalue weighted by Gasteiger charge is -2.32. The van der Waals surface area contributed by atoms with E-state index in [9.17, 15) is 8.76 Å². The summed E-state index contributed by atoms with van der Waals surface area (Å²) in [4.78, 5) is 0. The summed E-state index contributed by atoms with van der Waals surface area (Å²) in [6.45, 7) is 0. The van der Waals surface area contributed by atoms with Crippen molar-refractivity contribution in [1.82, 2.24) is 0 Å². The first-order chi connectivity index (χ1) is 2.24. The summed E-state index contributed by atoms with van der Waals surface area (Å²) in [5, 5.41) is 0. The van der Waals surface area contributed by atoms with E-state index in [0.29, 0.717) is 0 Å². The largest absolute Gasteiger partial charge is 0.770 e. The Labute approximate surface area is 36.4 Å². The van der Waals surface area contributed by atoms with Crippen molar-refractivity contribution < 1.29 is 13.3 Å². The van der Waals surface area contributed by atoms with Crippen LogP contribution in [-0.2, 0) is 9.63 Å². The highest BCUT2D eigenvalue weighted by Gasteiger charge is 1.97. The summed E-state index contributed by atoms with van der Waals surface area (Å²) in [6.07, 6.45) is 1.52. The highest BCUT2D eigenvalue weighted by molar-refractivity contribution is 8.08. The SMILES string of the molecule is CS(C)(=O)([O-])O. The molecule has 0 bridgehead atoms. The van der Waals surface area contributed by atoms with Gasteiger partial charge in [-0.05, 0) is 0 Å². The highest BCUT2D eigenvalue weighted by Crippen LogP contribution is 1.99. The molecule has 0 radical (unpaired) electrons. The second kappa shape index (κ2) is 0.828. The van der Waals surface area contributed by atoms with Crippen LogP contribution in [-0.4, -0.2) is 25.8 Å². The van der Waals surface area contributed by atoms with Crippen LogP contribution in [0.3, 0.4) is 0 Å². The van der Waals surface area contributed by atoms with Crippen LogP contribution >= 0.6 is 0 Å². The maximum Gasteiger partial charge on any atom is 0.00127 e. The lowest BCUT2D eigenvalue weighted by Crippen LogP contribution is -2.26. The number of rotatable bonds is 0. The van der Waals surface area contributed by atoms with Crippen molar-refractivity contribution in [3.63, 3.8) is 0 Å². The standard InChI is InChI=1S/C2H8O3S/c1-6(2,3,4)5/h1-2H3,(H2,3,4,5)/p-1. The van der Waals surface area contributed by atoms with Gasteiger partial charge >= 0.3 is 0 Å². The van der Waals surface area contributed by atoms with Gasteiger partial charge in [0, 0.05) is 12.5 Å². The first-order valence-electron chi connectivity index (χ1n) is 1.33. The summed E-state index contributed by atoms with van der Waals surface area (Å²) in [5.74, 6) is 0. The average Bonchev–Trinajstić information content (AvgIpc) is 0.650. The fraction of sp³-hybridized carbons (Fsp3) is 1.00. The van der Waals surface area contributed by atoms with Gasteiger partial charge < -0.3 is 9.11 Å². The van der Waals surface area contributed by atoms with E-state index in [4.69, 9.17) is 4.55 Å². The van der Waals surface area contributed by atoms with Gasteiger partial charge in [0.15, 0.2) is 0 Å². The van der Waals surface area contributed by atoms with Crippen molar-refractivity contribution in [3.8, 4) is 0 Å². The summed E-state index contributed by atoms with van der Waals surface area (Å²) in [7, 11) is -4.35. The summed E-state index contributed by atoms with van der Waals surface area (Å²) < 4.78 is 27.6. The Morgan fingerprint density at radius 1 is 1.67 bits per heavy atom. The third kappa shape index (κ3) is 7830. The summed E-state index contributed by atoms with van der Waals surface area (Å²) in [6, 6.07) is 0. The quantitative estimate of drug-likeness (QED) is 0.465. The van der Waals surface area contributed by atoms with Gasteiger partial charge in [-0.25, -0.2) is 0 Å². The van der Waals surface area contributed by atoms with E-state index in [1.807, 2.05) is 0 Å². The van der Waals surface area contributed by atoms with Gasteiger partial charge in [0.25, 0.3) is 0 Å². The molecule has 0 saturated carbocycles. The maximum atomic E-state index is 9.79. The van der Waals surface area contributed by atoms with E-state index in [-0.39, 0.29) is 0 Å². The molecular weight excluding hydrogens is 104 g/mol. The molecule has 0 aliphatic carbocycles. The second-order valence-corrected chi connectivity index (χ2v) is 4.97. The molecule has 0 unspecified atom stereocenters. The Bertz CT molecular complexity index is 86.5. The van der Waals surface area contributed by atoms with Crippen LogP contribution in [0.5, 0.6) is 0 Å². The van der Waals surface area contributed by atoms with Crippen LogP contribution < -0.4 is 0 Å². The van der Waals surface area contributed by atoms with Crippen molar-refractivity contribution in [2.75, 3.05) is 12.5 Å². The van der Waals surface area contributed by atoms with Gasteiger partial charge in [0.1, 0.15) is 0 Å². The molecule has 0 aliphatic heterocycles. The van der Waals surface area contributed by atoms with E-state index < -0.39 is 9.63 Å². The Hall–Kier alpha value is 0.0700. The molecule has 0 spiro atoms. The molecule has 4 heteroatoms. The molecule has 0 amide bonds. The summed E-state index contributed by atoms with van der Waals surface area (Å²) in [5.41, 5.74) is 0. The molecule has 0 aromatic heterocycles. The molecule has 0 aromatic carbocycles. The van der Waals surface area contributed by atoms with Crippen molar-refractivity contribution in [3.05, 3.63) is 0 Å². The Kier molecular flexibility index (Phi) is 0.838. The topological polar surface area (TPSA) is 60.4 Å². The molecule has 0 aliphatic rings. The molecule has 0 fully saturated rings. The normalized spacial score (nSPS) is 19.0. The van der Waals surface area contributed by atoms with Gasteiger partial charge in [-0.3, -0.25) is 4.21 Å². The zero-order valence-electron chi connectivity index (χ0n) is 3.67. The van der Waals surface area contributed by atoms with E-state index in [1.54, 1.807) is 0 Å². The molecule has 0 aromatic rings. The molecule has 6 heavy (non-hydrogen) atoms. The minimum Gasteiger partial charge on any atom is -0.770 e. The fourth-order valence-electron chi connectivity index (χ4n) is 0. The van der Waals surface area contributed by atoms with Gasteiger partial charge in [-0.1, -0.05) is 9.63 Å². The molecule has 0 rings (SSSR count). The van der Waals surface area contributed by atoms with E-state index in [2.05, 4.69) is 0 Å². The first-order valence-corrected chi connectivity index (χ1v) is 4.00. The highest BCUT2D eigenvalue weighted by atomic mass is 32.3. The number of sulfone groups is 1. The van der Waals surface area contributed by atoms with Crippen molar-refractivity contribution in [2.45, 2.75) is 0 Å². The molecule has 0 atom stereocenters. The van der Waals surface area contributed by atoms with E-state index in [1.165, 1.54) is 0 Å². The predicted molar refractivity (Wildman–Crippen MR) is 23.4 cm³/mol. The molecule has 1 N–H and O–H groups in total. The minimum atomic E-state index is -4.35. The number of hydrogen-bond donors (Lipinski definition) is 1. The molecule has 0 heterocycles. The molecular formula is C2H7O3S-. The Balaban J connectivity index is 4.16. The lowest BCUT2D eigenvalue weighted by atomic mass is 11.9. The van der Waals surface area contributed by atoms with E-state index >= 15 is 0 Å². The van der Waals surface area contributed by atoms with Crippen molar-refractivity contribution >= 4 is 9.63 Å². The Morgan fingerprint density at radius 3 is 1.67 bits per heavy atom. The van der Waals surface area contributed by atoms with Crippen LogP contribution in [0, 0.1) is 0 Å².